The zero-order valence-electron chi connectivity index (χ0n) is 17.5. The van der Waals surface area contributed by atoms with E-state index in [9.17, 15) is 9.90 Å². The summed E-state index contributed by atoms with van der Waals surface area (Å²) in [5, 5.41) is 12.4. The highest BCUT2D eigenvalue weighted by Crippen LogP contribution is 2.12. The Bertz CT molecular complexity index is 314. The van der Waals surface area contributed by atoms with Crippen molar-refractivity contribution in [2.45, 2.75) is 103 Å². The van der Waals surface area contributed by atoms with Gasteiger partial charge in [0.2, 0.25) is 6.17 Å². The van der Waals surface area contributed by atoms with Gasteiger partial charge in [0.1, 0.15) is 0 Å². The van der Waals surface area contributed by atoms with Crippen molar-refractivity contribution in [1.82, 2.24) is 5.32 Å². The fraction of sp³-hybridized carbons (Fsp3) is 0.952. The van der Waals surface area contributed by atoms with Crippen molar-refractivity contribution in [3.8, 4) is 0 Å². The number of hydrogen-bond donors (Lipinski definition) is 2. The van der Waals surface area contributed by atoms with Crippen LogP contribution >= 0.6 is 0 Å². The van der Waals surface area contributed by atoms with E-state index in [0.29, 0.717) is 4.48 Å². The molecular formula is C21H45N2O2+. The number of carboxylic acids is 1. The minimum atomic E-state index is -0.766. The summed E-state index contributed by atoms with van der Waals surface area (Å²) in [4.78, 5) is 11.2. The summed E-state index contributed by atoms with van der Waals surface area (Å²) < 4.78 is 0.411. The molecule has 0 aromatic rings. The summed E-state index contributed by atoms with van der Waals surface area (Å²) >= 11 is 0. The normalized spacial score (nSPS) is 13.1. The maximum atomic E-state index is 11.2. The molecular weight excluding hydrogens is 312 g/mol. The summed E-state index contributed by atoms with van der Waals surface area (Å²) in [6.45, 7) is 3.07. The predicted molar refractivity (Wildman–Crippen MR) is 108 cm³/mol. The molecule has 0 amide bonds. The molecule has 0 aliphatic rings. The standard InChI is InChI=1S/C21H44N2O2/c1-5-6-7-8-9-10-11-12-13-14-15-16-17-18-19-22-20(21(24)25)23(2,3)4/h20,22H,5-19H2,1-4H3/p+1. The van der Waals surface area contributed by atoms with E-state index >= 15 is 0 Å². The van der Waals surface area contributed by atoms with Gasteiger partial charge in [-0.3, -0.25) is 5.32 Å². The predicted octanol–water partition coefficient (Wildman–Crippen LogP) is 5.17. The Balaban J connectivity index is 3.32. The van der Waals surface area contributed by atoms with Gasteiger partial charge in [-0.25, -0.2) is 4.79 Å². The average molecular weight is 358 g/mol. The molecule has 4 heteroatoms. The van der Waals surface area contributed by atoms with Gasteiger partial charge in [0.05, 0.1) is 21.1 Å². The van der Waals surface area contributed by atoms with E-state index in [1.165, 1.54) is 83.5 Å². The van der Waals surface area contributed by atoms with Crippen LogP contribution in [-0.4, -0.2) is 49.4 Å². The van der Waals surface area contributed by atoms with Crippen molar-refractivity contribution in [3.05, 3.63) is 0 Å². The van der Waals surface area contributed by atoms with E-state index in [4.69, 9.17) is 0 Å². The van der Waals surface area contributed by atoms with Gasteiger partial charge >= 0.3 is 5.97 Å². The van der Waals surface area contributed by atoms with Crippen LogP contribution in [0.3, 0.4) is 0 Å². The maximum absolute atomic E-state index is 11.2. The number of unbranched alkanes of at least 4 members (excludes halogenated alkanes) is 13. The van der Waals surface area contributed by atoms with Gasteiger partial charge in [-0.05, 0) is 6.42 Å². The largest absolute Gasteiger partial charge is 0.476 e. The molecule has 0 saturated heterocycles. The molecule has 0 saturated carbocycles. The molecule has 0 bridgehead atoms. The Kier molecular flexibility index (Phi) is 15.2. The Morgan fingerprint density at radius 2 is 1.12 bits per heavy atom. The average Bonchev–Trinajstić information content (AvgIpc) is 2.53. The molecule has 0 aliphatic carbocycles. The highest BCUT2D eigenvalue weighted by molar-refractivity contribution is 5.71. The van der Waals surface area contributed by atoms with Crippen LogP contribution in [0.25, 0.3) is 0 Å². The second kappa shape index (κ2) is 15.6. The van der Waals surface area contributed by atoms with E-state index < -0.39 is 12.1 Å². The van der Waals surface area contributed by atoms with Gasteiger partial charge in [0, 0.05) is 6.54 Å². The highest BCUT2D eigenvalue weighted by atomic mass is 16.4. The quantitative estimate of drug-likeness (QED) is 0.202. The Morgan fingerprint density at radius 1 is 0.760 bits per heavy atom. The molecule has 1 atom stereocenters. The third-order valence-corrected chi connectivity index (χ3v) is 4.88. The highest BCUT2D eigenvalue weighted by Gasteiger charge is 2.30. The summed E-state index contributed by atoms with van der Waals surface area (Å²) in [7, 11) is 5.74. The lowest BCUT2D eigenvalue weighted by Gasteiger charge is -2.31. The first-order valence-corrected chi connectivity index (χ1v) is 10.7. The van der Waals surface area contributed by atoms with Crippen LogP contribution in [0.5, 0.6) is 0 Å². The first-order valence-electron chi connectivity index (χ1n) is 10.7. The Morgan fingerprint density at radius 3 is 1.44 bits per heavy atom. The van der Waals surface area contributed by atoms with Crippen LogP contribution < -0.4 is 5.32 Å². The number of nitrogens with zero attached hydrogens (tertiary/aromatic N) is 1. The lowest BCUT2D eigenvalue weighted by Crippen LogP contribution is -2.58. The van der Waals surface area contributed by atoms with Gasteiger partial charge < -0.3 is 9.59 Å². The van der Waals surface area contributed by atoms with E-state index in [1.807, 2.05) is 21.1 Å². The maximum Gasteiger partial charge on any atom is 0.379 e. The third-order valence-electron chi connectivity index (χ3n) is 4.88. The van der Waals surface area contributed by atoms with Gasteiger partial charge in [-0.1, -0.05) is 90.4 Å². The number of nitrogens with one attached hydrogen (secondary N) is 1. The summed E-state index contributed by atoms with van der Waals surface area (Å²) in [6, 6.07) is 0. The second-order valence-electron chi connectivity index (χ2n) is 8.41. The van der Waals surface area contributed by atoms with Gasteiger partial charge in [0.25, 0.3) is 0 Å². The summed E-state index contributed by atoms with van der Waals surface area (Å²) in [6.07, 6.45) is 18.4. The van der Waals surface area contributed by atoms with Crippen LogP contribution in [0.4, 0.5) is 0 Å². The number of hydrogen-bond acceptors (Lipinski definition) is 2. The molecule has 0 aromatic heterocycles. The minimum absolute atomic E-state index is 0.411. The Labute approximate surface area is 157 Å². The first-order chi connectivity index (χ1) is 11.9. The smallest absolute Gasteiger partial charge is 0.379 e. The summed E-state index contributed by atoms with van der Waals surface area (Å²) in [5.41, 5.74) is 0. The monoisotopic (exact) mass is 357 g/mol. The number of likely N-dealkylation sites (N-methyl/N-ethyl adjacent to an activating group) is 1. The fourth-order valence-corrected chi connectivity index (χ4v) is 3.25. The van der Waals surface area contributed by atoms with E-state index in [1.54, 1.807) is 0 Å². The zero-order chi connectivity index (χ0) is 19.0. The molecule has 2 N–H and O–H groups in total. The van der Waals surface area contributed by atoms with Gasteiger partial charge in [-0.15, -0.1) is 0 Å². The molecule has 25 heavy (non-hydrogen) atoms. The zero-order valence-corrected chi connectivity index (χ0v) is 17.5. The molecule has 4 nitrogen and oxygen atoms in total. The van der Waals surface area contributed by atoms with Crippen molar-refractivity contribution in [3.63, 3.8) is 0 Å². The van der Waals surface area contributed by atoms with Crippen LogP contribution in [0, 0.1) is 0 Å². The number of aliphatic carboxylic acids is 1. The van der Waals surface area contributed by atoms with Gasteiger partial charge in [-0.2, -0.15) is 0 Å². The van der Waals surface area contributed by atoms with Crippen LogP contribution in [0.1, 0.15) is 96.8 Å². The molecule has 0 fully saturated rings. The molecule has 0 spiro atoms. The molecule has 1 unspecified atom stereocenters. The van der Waals surface area contributed by atoms with Crippen molar-refractivity contribution in [2.75, 3.05) is 27.7 Å². The van der Waals surface area contributed by atoms with Crippen molar-refractivity contribution in [1.29, 1.82) is 0 Å². The van der Waals surface area contributed by atoms with Crippen LogP contribution in [0.2, 0.25) is 0 Å². The summed E-state index contributed by atoms with van der Waals surface area (Å²) in [5.74, 6) is -0.766. The molecule has 150 valence electrons. The SMILES string of the molecule is CCCCCCCCCCCCCCCCNC(C(=O)O)[N+](C)(C)C. The third kappa shape index (κ3) is 15.4. The number of carbonyl (C=O) groups is 1. The van der Waals surface area contributed by atoms with Crippen molar-refractivity contribution < 1.29 is 14.4 Å². The second-order valence-corrected chi connectivity index (χ2v) is 8.41. The fourth-order valence-electron chi connectivity index (χ4n) is 3.25. The lowest BCUT2D eigenvalue weighted by atomic mass is 10.0. The molecule has 0 heterocycles. The van der Waals surface area contributed by atoms with Crippen LogP contribution in [-0.2, 0) is 4.79 Å². The molecule has 0 aromatic carbocycles. The minimum Gasteiger partial charge on any atom is -0.476 e. The molecule has 0 rings (SSSR count). The van der Waals surface area contributed by atoms with Crippen LogP contribution in [0.15, 0.2) is 0 Å². The number of rotatable bonds is 18. The van der Waals surface area contributed by atoms with Crippen molar-refractivity contribution >= 4 is 5.97 Å². The Hall–Kier alpha value is -0.610. The van der Waals surface area contributed by atoms with Gasteiger partial charge in [0.15, 0.2) is 0 Å². The van der Waals surface area contributed by atoms with E-state index in [-0.39, 0.29) is 0 Å². The molecule has 0 radical (unpaired) electrons. The first kappa shape index (κ1) is 24.4. The molecule has 0 aliphatic heterocycles. The van der Waals surface area contributed by atoms with Crippen molar-refractivity contribution in [2.24, 2.45) is 0 Å². The topological polar surface area (TPSA) is 49.3 Å². The van der Waals surface area contributed by atoms with E-state index in [0.717, 1.165) is 13.0 Å². The number of carboxylic acid groups (broad SMARTS) is 1. The lowest BCUT2D eigenvalue weighted by molar-refractivity contribution is -0.890. The number of quaternary nitrogens is 1. The van der Waals surface area contributed by atoms with E-state index in [2.05, 4.69) is 12.2 Å².